The van der Waals surface area contributed by atoms with E-state index in [9.17, 15) is 9.59 Å². The molecular formula is C20H26N4O2. The summed E-state index contributed by atoms with van der Waals surface area (Å²) in [5.41, 5.74) is 7.21. The van der Waals surface area contributed by atoms with E-state index in [2.05, 4.69) is 15.6 Å². The molecule has 4 N–H and O–H groups in total. The molecule has 0 aliphatic heterocycles. The molecule has 6 heteroatoms. The Labute approximate surface area is 153 Å². The lowest BCUT2D eigenvalue weighted by Crippen LogP contribution is -2.40. The van der Waals surface area contributed by atoms with Crippen LogP contribution in [0.3, 0.4) is 0 Å². The Morgan fingerprint density at radius 1 is 1.08 bits per heavy atom. The van der Waals surface area contributed by atoms with E-state index in [0.29, 0.717) is 18.7 Å². The summed E-state index contributed by atoms with van der Waals surface area (Å²) >= 11 is 0. The van der Waals surface area contributed by atoms with Gasteiger partial charge in [-0.1, -0.05) is 37.5 Å². The molecule has 0 atom stereocenters. The molecule has 1 heterocycles. The van der Waals surface area contributed by atoms with Crippen LogP contribution >= 0.6 is 0 Å². The number of nitrogens with two attached hydrogens (primary N) is 1. The normalized spacial score (nSPS) is 16.2. The summed E-state index contributed by atoms with van der Waals surface area (Å²) in [5.74, 6) is -0.370. The number of aromatic nitrogens is 1. The third-order valence-electron chi connectivity index (χ3n) is 5.24. The fourth-order valence-electron chi connectivity index (χ4n) is 3.74. The molecule has 1 aromatic heterocycles. The molecule has 3 rings (SSSR count). The van der Waals surface area contributed by atoms with Gasteiger partial charge < -0.3 is 16.4 Å². The maximum Gasteiger partial charge on any atom is 0.243 e. The number of pyridine rings is 1. The Hall–Kier alpha value is -2.47. The molecule has 0 radical (unpaired) electrons. The minimum Gasteiger partial charge on any atom is -0.347 e. The van der Waals surface area contributed by atoms with Crippen molar-refractivity contribution in [2.75, 3.05) is 18.4 Å². The quantitative estimate of drug-likeness (QED) is 0.743. The summed E-state index contributed by atoms with van der Waals surface area (Å²) in [6.45, 7) is 0.469. The third-order valence-corrected chi connectivity index (χ3v) is 5.24. The Morgan fingerprint density at radius 3 is 2.62 bits per heavy atom. The first-order chi connectivity index (χ1) is 12.6. The zero-order valence-corrected chi connectivity index (χ0v) is 15.0. The minimum atomic E-state index is -0.262. The molecule has 1 aliphatic rings. The minimum absolute atomic E-state index is 0.0529. The average Bonchev–Trinajstić information content (AvgIpc) is 2.67. The predicted molar refractivity (Wildman–Crippen MR) is 103 cm³/mol. The summed E-state index contributed by atoms with van der Waals surface area (Å²) in [5, 5.41) is 6.51. The second-order valence-electron chi connectivity index (χ2n) is 7.15. The topological polar surface area (TPSA) is 97.1 Å². The molecule has 0 spiro atoms. The molecule has 138 valence electrons. The van der Waals surface area contributed by atoms with Crippen molar-refractivity contribution in [2.24, 2.45) is 11.1 Å². The predicted octanol–water partition coefficient (Wildman–Crippen LogP) is 2.59. The maximum atomic E-state index is 12.3. The van der Waals surface area contributed by atoms with Gasteiger partial charge in [-0.05, 0) is 36.9 Å². The zero-order valence-electron chi connectivity index (χ0n) is 15.0. The smallest absolute Gasteiger partial charge is 0.243 e. The lowest BCUT2D eigenvalue weighted by molar-refractivity contribution is -0.126. The number of para-hydroxylation sites is 1. The standard InChI is InChI=1S/C20H26N4O2/c21-14-20(9-2-1-3-10-20)12-17(25)23-13-18(26)24-16-8-4-6-15-7-5-11-22-19(15)16/h4-8,11H,1-3,9-10,12-14,21H2,(H,23,25)(H,24,26). The van der Waals surface area contributed by atoms with Crippen LogP contribution < -0.4 is 16.4 Å². The van der Waals surface area contributed by atoms with Gasteiger partial charge >= 0.3 is 0 Å². The molecule has 6 nitrogen and oxygen atoms in total. The highest BCUT2D eigenvalue weighted by atomic mass is 16.2. The van der Waals surface area contributed by atoms with Crippen molar-refractivity contribution in [3.05, 3.63) is 36.5 Å². The van der Waals surface area contributed by atoms with Gasteiger partial charge in [-0.15, -0.1) is 0 Å². The van der Waals surface area contributed by atoms with E-state index < -0.39 is 0 Å². The van der Waals surface area contributed by atoms with Gasteiger partial charge in [0.25, 0.3) is 0 Å². The van der Waals surface area contributed by atoms with Crippen molar-refractivity contribution in [1.82, 2.24) is 10.3 Å². The van der Waals surface area contributed by atoms with Crippen LogP contribution in [-0.4, -0.2) is 29.9 Å². The molecule has 0 bridgehead atoms. The highest BCUT2D eigenvalue weighted by molar-refractivity contribution is 6.01. The molecule has 0 saturated heterocycles. The third kappa shape index (κ3) is 4.38. The van der Waals surface area contributed by atoms with E-state index in [-0.39, 0.29) is 23.8 Å². The summed E-state index contributed by atoms with van der Waals surface area (Å²) in [7, 11) is 0. The van der Waals surface area contributed by atoms with Crippen LogP contribution in [-0.2, 0) is 9.59 Å². The van der Waals surface area contributed by atoms with Crippen molar-refractivity contribution in [2.45, 2.75) is 38.5 Å². The molecule has 1 aliphatic carbocycles. The van der Waals surface area contributed by atoms with Gasteiger partial charge in [-0.3, -0.25) is 14.6 Å². The first-order valence-electron chi connectivity index (χ1n) is 9.22. The van der Waals surface area contributed by atoms with Crippen LogP contribution in [0.4, 0.5) is 5.69 Å². The lowest BCUT2D eigenvalue weighted by atomic mass is 9.71. The Balaban J connectivity index is 1.54. The Bertz CT molecular complexity index is 779. The molecule has 1 saturated carbocycles. The highest BCUT2D eigenvalue weighted by Crippen LogP contribution is 2.38. The zero-order chi connectivity index (χ0) is 18.4. The van der Waals surface area contributed by atoms with Crippen LogP contribution in [0.1, 0.15) is 38.5 Å². The van der Waals surface area contributed by atoms with Gasteiger partial charge in [-0.2, -0.15) is 0 Å². The van der Waals surface area contributed by atoms with Crippen molar-refractivity contribution in [3.63, 3.8) is 0 Å². The summed E-state index contributed by atoms with van der Waals surface area (Å²) in [6, 6.07) is 9.41. The van der Waals surface area contributed by atoms with Crippen molar-refractivity contribution in [1.29, 1.82) is 0 Å². The molecule has 2 amide bonds. The summed E-state index contributed by atoms with van der Waals surface area (Å²) in [4.78, 5) is 28.8. The summed E-state index contributed by atoms with van der Waals surface area (Å²) < 4.78 is 0. The van der Waals surface area contributed by atoms with Crippen LogP contribution in [0.15, 0.2) is 36.5 Å². The van der Waals surface area contributed by atoms with Crippen LogP contribution in [0.5, 0.6) is 0 Å². The first-order valence-corrected chi connectivity index (χ1v) is 9.22. The van der Waals surface area contributed by atoms with E-state index in [1.54, 1.807) is 12.3 Å². The van der Waals surface area contributed by atoms with Gasteiger partial charge in [0.05, 0.1) is 17.7 Å². The number of benzene rings is 1. The molecule has 1 fully saturated rings. The van der Waals surface area contributed by atoms with Crippen molar-refractivity contribution in [3.8, 4) is 0 Å². The van der Waals surface area contributed by atoms with Crippen molar-refractivity contribution >= 4 is 28.4 Å². The number of nitrogens with one attached hydrogen (secondary N) is 2. The van der Waals surface area contributed by atoms with E-state index in [4.69, 9.17) is 5.73 Å². The monoisotopic (exact) mass is 354 g/mol. The number of amides is 2. The Morgan fingerprint density at radius 2 is 1.85 bits per heavy atom. The number of hydrogen-bond acceptors (Lipinski definition) is 4. The second kappa shape index (κ2) is 8.27. The molecule has 0 unspecified atom stereocenters. The number of anilines is 1. The van der Waals surface area contributed by atoms with E-state index in [1.165, 1.54) is 6.42 Å². The second-order valence-corrected chi connectivity index (χ2v) is 7.15. The Kier molecular flexibility index (Phi) is 5.83. The van der Waals surface area contributed by atoms with Crippen LogP contribution in [0.25, 0.3) is 10.9 Å². The molecule has 1 aromatic carbocycles. The number of fused-ring (bicyclic) bond motifs is 1. The fourth-order valence-corrected chi connectivity index (χ4v) is 3.74. The van der Waals surface area contributed by atoms with E-state index >= 15 is 0 Å². The van der Waals surface area contributed by atoms with Crippen LogP contribution in [0, 0.1) is 5.41 Å². The lowest BCUT2D eigenvalue weighted by Gasteiger charge is -2.35. The SMILES string of the molecule is NCC1(CC(=O)NCC(=O)Nc2cccc3cccnc23)CCCCC1. The molecular weight excluding hydrogens is 328 g/mol. The van der Waals surface area contributed by atoms with Gasteiger partial charge in [0.2, 0.25) is 11.8 Å². The largest absolute Gasteiger partial charge is 0.347 e. The average molecular weight is 354 g/mol. The van der Waals surface area contributed by atoms with Crippen LogP contribution in [0.2, 0.25) is 0 Å². The van der Waals surface area contributed by atoms with Gasteiger partial charge in [0, 0.05) is 18.0 Å². The fraction of sp³-hybridized carbons (Fsp3) is 0.450. The number of rotatable bonds is 6. The van der Waals surface area contributed by atoms with E-state index in [0.717, 1.165) is 36.6 Å². The number of hydrogen-bond donors (Lipinski definition) is 3. The van der Waals surface area contributed by atoms with Gasteiger partial charge in [0.1, 0.15) is 0 Å². The first kappa shape index (κ1) is 18.3. The van der Waals surface area contributed by atoms with Crippen molar-refractivity contribution < 1.29 is 9.59 Å². The van der Waals surface area contributed by atoms with E-state index in [1.807, 2.05) is 24.3 Å². The summed E-state index contributed by atoms with van der Waals surface area (Å²) in [6.07, 6.45) is 7.53. The highest BCUT2D eigenvalue weighted by Gasteiger charge is 2.32. The van der Waals surface area contributed by atoms with Gasteiger partial charge in [0.15, 0.2) is 0 Å². The number of carbonyl (C=O) groups is 2. The maximum absolute atomic E-state index is 12.3. The number of carbonyl (C=O) groups excluding carboxylic acids is 2. The number of nitrogens with zero attached hydrogens (tertiary/aromatic N) is 1. The molecule has 2 aromatic rings. The van der Waals surface area contributed by atoms with Gasteiger partial charge in [-0.25, -0.2) is 0 Å². The molecule has 26 heavy (non-hydrogen) atoms.